The van der Waals surface area contributed by atoms with E-state index in [-0.39, 0.29) is 11.8 Å². The lowest BCUT2D eigenvalue weighted by molar-refractivity contribution is -0.125. The Bertz CT molecular complexity index is 1040. The fourth-order valence-electron chi connectivity index (χ4n) is 3.99. The fraction of sp³-hybridized carbons (Fsp3) is 0.227. The quantitative estimate of drug-likeness (QED) is 0.679. The van der Waals surface area contributed by atoms with Crippen molar-refractivity contribution in [1.29, 1.82) is 0 Å². The number of aromatic nitrogens is 1. The average Bonchev–Trinajstić information content (AvgIpc) is 3.34. The Balaban J connectivity index is 1.75. The van der Waals surface area contributed by atoms with Crippen LogP contribution in [0, 0.1) is 5.41 Å². The Kier molecular flexibility index (Phi) is 5.07. The van der Waals surface area contributed by atoms with Crippen LogP contribution in [0.25, 0.3) is 0 Å². The zero-order valence-corrected chi connectivity index (χ0v) is 17.0. The number of hydrogen-bond acceptors (Lipinski definition) is 5. The Morgan fingerprint density at radius 1 is 1.21 bits per heavy atom. The van der Waals surface area contributed by atoms with Gasteiger partial charge < -0.3 is 15.4 Å². The predicted octanol–water partition coefficient (Wildman–Crippen LogP) is 4.19. The molecule has 1 aliphatic carbocycles. The van der Waals surface area contributed by atoms with Gasteiger partial charge in [0.05, 0.1) is 5.41 Å². The van der Waals surface area contributed by atoms with Crippen molar-refractivity contribution in [2.45, 2.75) is 19.3 Å². The van der Waals surface area contributed by atoms with Gasteiger partial charge in [0.25, 0.3) is 0 Å². The summed E-state index contributed by atoms with van der Waals surface area (Å²) in [6, 6.07) is 15.5. The lowest BCUT2D eigenvalue weighted by atomic mass is 9.73. The molecule has 2 atom stereocenters. The summed E-state index contributed by atoms with van der Waals surface area (Å²) in [5, 5.41) is 7.84. The van der Waals surface area contributed by atoms with Gasteiger partial charge in [-0.25, -0.2) is 9.78 Å². The largest absolute Gasteiger partial charge is 0.412 e. The van der Waals surface area contributed by atoms with Gasteiger partial charge in [0.15, 0.2) is 5.13 Å². The van der Waals surface area contributed by atoms with Gasteiger partial charge in [0.2, 0.25) is 5.91 Å². The number of fused-ring (bicyclic) bond motifs is 1. The lowest BCUT2D eigenvalue weighted by Gasteiger charge is -2.31. The molecule has 0 aliphatic heterocycles. The van der Waals surface area contributed by atoms with Crippen LogP contribution in [0.15, 0.2) is 60.1 Å². The van der Waals surface area contributed by atoms with Gasteiger partial charge in [-0.05, 0) is 42.2 Å². The van der Waals surface area contributed by atoms with Crippen LogP contribution in [0.4, 0.5) is 9.93 Å². The summed E-state index contributed by atoms with van der Waals surface area (Å²) < 4.78 is 5.33. The van der Waals surface area contributed by atoms with Crippen LogP contribution in [-0.2, 0) is 11.2 Å². The summed E-state index contributed by atoms with van der Waals surface area (Å²) >= 11 is 1.39. The summed E-state index contributed by atoms with van der Waals surface area (Å²) in [7, 11) is 1.52. The Labute approximate surface area is 172 Å². The number of benzene rings is 2. The van der Waals surface area contributed by atoms with Crippen LogP contribution in [0.2, 0.25) is 0 Å². The molecule has 2 N–H and O–H groups in total. The molecule has 29 heavy (non-hydrogen) atoms. The monoisotopic (exact) mass is 407 g/mol. The highest BCUT2D eigenvalue weighted by Crippen LogP contribution is 2.52. The van der Waals surface area contributed by atoms with Crippen molar-refractivity contribution < 1.29 is 14.3 Å². The van der Waals surface area contributed by atoms with Crippen molar-refractivity contribution in [3.63, 3.8) is 0 Å². The smallest absolute Gasteiger partial charge is 0.410 e. The van der Waals surface area contributed by atoms with Crippen molar-refractivity contribution in [3.8, 4) is 5.75 Å². The third kappa shape index (κ3) is 3.61. The fourth-order valence-corrected chi connectivity index (χ4v) is 4.52. The third-order valence-electron chi connectivity index (χ3n) is 5.34. The van der Waals surface area contributed by atoms with Gasteiger partial charge in [-0.3, -0.25) is 4.79 Å². The van der Waals surface area contributed by atoms with Crippen molar-refractivity contribution >= 4 is 28.5 Å². The van der Waals surface area contributed by atoms with E-state index in [1.165, 1.54) is 18.4 Å². The number of carbonyl (C=O) groups excluding carboxylic acids is 2. The highest BCUT2D eigenvalue weighted by atomic mass is 32.1. The maximum atomic E-state index is 13.4. The van der Waals surface area contributed by atoms with Gasteiger partial charge in [-0.2, -0.15) is 0 Å². The van der Waals surface area contributed by atoms with Crippen molar-refractivity contribution in [3.05, 3.63) is 76.8 Å². The van der Waals surface area contributed by atoms with E-state index in [9.17, 15) is 9.59 Å². The van der Waals surface area contributed by atoms with Gasteiger partial charge in [-0.15, -0.1) is 11.3 Å². The van der Waals surface area contributed by atoms with Crippen LogP contribution < -0.4 is 15.4 Å². The van der Waals surface area contributed by atoms with Crippen LogP contribution in [0.5, 0.6) is 5.75 Å². The topological polar surface area (TPSA) is 80.3 Å². The third-order valence-corrected chi connectivity index (χ3v) is 6.03. The van der Waals surface area contributed by atoms with Crippen molar-refractivity contribution in [1.82, 2.24) is 10.3 Å². The van der Waals surface area contributed by atoms with Gasteiger partial charge in [-0.1, -0.05) is 36.4 Å². The molecule has 6 nitrogen and oxygen atoms in total. The molecule has 2 aromatic carbocycles. The van der Waals surface area contributed by atoms with E-state index in [1.807, 2.05) is 54.8 Å². The van der Waals surface area contributed by atoms with E-state index < -0.39 is 11.5 Å². The minimum atomic E-state index is -0.707. The van der Waals surface area contributed by atoms with Gasteiger partial charge in [0.1, 0.15) is 5.75 Å². The Hall–Kier alpha value is -3.19. The molecule has 0 radical (unpaired) electrons. The van der Waals surface area contributed by atoms with Crippen molar-refractivity contribution in [2.75, 3.05) is 12.4 Å². The van der Waals surface area contributed by atoms with E-state index in [0.717, 1.165) is 16.7 Å². The number of carbonyl (C=O) groups is 2. The first-order valence-corrected chi connectivity index (χ1v) is 10.2. The number of nitrogens with zero attached hydrogens (tertiary/aromatic N) is 1. The highest BCUT2D eigenvalue weighted by Gasteiger charge is 2.49. The molecular weight excluding hydrogens is 386 g/mol. The highest BCUT2D eigenvalue weighted by molar-refractivity contribution is 7.13. The SMILES string of the molecule is CNC(=O)Oc1ccc2c(c1)C(c1ccccc1)[C@](C)(C(=O)Nc1nccs1)C2. The maximum Gasteiger partial charge on any atom is 0.412 e. The molecule has 1 aromatic heterocycles. The van der Waals surface area contributed by atoms with Crippen LogP contribution in [0.3, 0.4) is 0 Å². The summed E-state index contributed by atoms with van der Waals surface area (Å²) in [5.74, 6) is 0.201. The molecule has 0 bridgehead atoms. The summed E-state index contributed by atoms with van der Waals surface area (Å²) in [6.07, 6.45) is 1.73. The molecule has 7 heteroatoms. The number of thiazole rings is 1. The van der Waals surface area contributed by atoms with Crippen molar-refractivity contribution in [2.24, 2.45) is 5.41 Å². The Morgan fingerprint density at radius 3 is 2.69 bits per heavy atom. The summed E-state index contributed by atoms with van der Waals surface area (Å²) in [4.78, 5) is 29.2. The normalized spacial score (nSPS) is 20.0. The first-order valence-electron chi connectivity index (χ1n) is 9.29. The standard InChI is InChI=1S/C22H21N3O3S/c1-22(19(26)25-20-24-10-11-29-20)13-15-8-9-16(28-21(27)23-2)12-17(15)18(22)14-6-4-3-5-7-14/h3-12,18H,13H2,1-2H3,(H,23,27)(H,24,25,26)/t18?,22-/m1/s1. The maximum absolute atomic E-state index is 13.4. The summed E-state index contributed by atoms with van der Waals surface area (Å²) in [6.45, 7) is 1.98. The van der Waals surface area contributed by atoms with E-state index in [1.54, 1.807) is 12.3 Å². The van der Waals surface area contributed by atoms with E-state index in [4.69, 9.17) is 4.74 Å². The minimum Gasteiger partial charge on any atom is -0.410 e. The van der Waals surface area contributed by atoms with Crippen LogP contribution in [0.1, 0.15) is 29.5 Å². The lowest BCUT2D eigenvalue weighted by Crippen LogP contribution is -2.37. The number of rotatable bonds is 4. The van der Waals surface area contributed by atoms with Gasteiger partial charge >= 0.3 is 6.09 Å². The second kappa shape index (κ2) is 7.67. The molecule has 0 saturated heterocycles. The Morgan fingerprint density at radius 2 is 2.00 bits per heavy atom. The second-order valence-corrected chi connectivity index (χ2v) is 8.12. The number of ether oxygens (including phenoxy) is 1. The molecule has 2 amide bonds. The number of amides is 2. The average molecular weight is 407 g/mol. The molecule has 4 rings (SSSR count). The van der Waals surface area contributed by atoms with Gasteiger partial charge in [0, 0.05) is 24.5 Å². The molecule has 1 heterocycles. The molecule has 148 valence electrons. The van der Waals surface area contributed by atoms with Crippen LogP contribution >= 0.6 is 11.3 Å². The molecular formula is C22H21N3O3S. The zero-order valence-electron chi connectivity index (χ0n) is 16.1. The first kappa shape index (κ1) is 19.1. The van der Waals surface area contributed by atoms with E-state index in [0.29, 0.717) is 17.3 Å². The van der Waals surface area contributed by atoms with Crippen LogP contribution in [-0.4, -0.2) is 24.0 Å². The molecule has 3 aromatic rings. The molecule has 0 fully saturated rings. The number of hydrogen-bond donors (Lipinski definition) is 2. The number of nitrogens with one attached hydrogen (secondary N) is 2. The summed E-state index contributed by atoms with van der Waals surface area (Å²) in [5.41, 5.74) is 2.40. The molecule has 1 aliphatic rings. The number of anilines is 1. The first-order chi connectivity index (χ1) is 14.0. The molecule has 1 unspecified atom stereocenters. The molecule has 0 spiro atoms. The molecule has 0 saturated carbocycles. The zero-order chi connectivity index (χ0) is 20.4. The second-order valence-electron chi connectivity index (χ2n) is 7.23. The van der Waals surface area contributed by atoms with E-state index in [2.05, 4.69) is 15.6 Å². The van der Waals surface area contributed by atoms with E-state index >= 15 is 0 Å². The minimum absolute atomic E-state index is 0.0775. The predicted molar refractivity (Wildman–Crippen MR) is 112 cm³/mol.